The first-order valence-corrected chi connectivity index (χ1v) is 6.47. The Labute approximate surface area is 146 Å². The van der Waals surface area contributed by atoms with E-state index in [1.165, 1.54) is 12.1 Å². The molecular formula is C11H19CaNO5S. The molecule has 0 aliphatic rings. The molecule has 19 heavy (non-hydrogen) atoms. The smallest absolute Gasteiger partial charge is 1.00 e. The van der Waals surface area contributed by atoms with E-state index in [1.807, 2.05) is 6.92 Å². The van der Waals surface area contributed by atoms with Gasteiger partial charge in [0.2, 0.25) is 0 Å². The van der Waals surface area contributed by atoms with Gasteiger partial charge < -0.3 is 7.96 Å². The Hall–Kier alpha value is -0.180. The number of likely N-dealkylation sites (N-methyl/N-ethyl adjacent to an activating group) is 1. The average molecular weight is 317 g/mol. The van der Waals surface area contributed by atoms with Crippen LogP contribution in [0.5, 0.6) is 0 Å². The van der Waals surface area contributed by atoms with Gasteiger partial charge in [-0.25, -0.2) is 0 Å². The molecule has 0 bridgehead atoms. The van der Waals surface area contributed by atoms with Gasteiger partial charge in [0.25, 0.3) is 10.1 Å². The molecule has 0 radical (unpaired) electrons. The number of hydrogen-bond acceptors (Lipinski definition) is 4. The van der Waals surface area contributed by atoms with Crippen molar-refractivity contribution >= 4 is 53.8 Å². The summed E-state index contributed by atoms with van der Waals surface area (Å²) in [5.74, 6) is -0.787. The number of hydrogen-bond donors (Lipinski definition) is 2. The van der Waals surface area contributed by atoms with Crippen LogP contribution in [0.2, 0.25) is 0 Å². The third-order valence-electron chi connectivity index (χ3n) is 1.77. The van der Waals surface area contributed by atoms with Gasteiger partial charge in [-0.2, -0.15) is 8.42 Å². The van der Waals surface area contributed by atoms with Gasteiger partial charge >= 0.3 is 43.7 Å². The number of aryl methyl sites for hydroxylation is 1. The summed E-state index contributed by atoms with van der Waals surface area (Å²) >= 11 is 0. The van der Waals surface area contributed by atoms with E-state index in [-0.39, 0.29) is 52.0 Å². The van der Waals surface area contributed by atoms with Crippen LogP contribution in [0, 0.1) is 6.92 Å². The molecule has 0 aliphatic carbocycles. The fourth-order valence-corrected chi connectivity index (χ4v) is 1.46. The standard InChI is InChI=1S/C7H8O3S.C4H9NO2.Ca.2H/c1-6-2-4-7(5-3-6)11(8,9)10;1-5(2)3-4(6)7;;;/h2-5H,1H3,(H,8,9,10);3H2,1-2H3,(H,6,7);;;/q;;+2;2*-1. The average Bonchev–Trinajstić information content (AvgIpc) is 2.15. The first kappa shape index (κ1) is 21.1. The predicted molar refractivity (Wildman–Crippen MR) is 75.2 cm³/mol. The molecule has 1 aromatic carbocycles. The van der Waals surface area contributed by atoms with E-state index in [2.05, 4.69) is 0 Å². The zero-order chi connectivity index (χ0) is 14.3. The van der Waals surface area contributed by atoms with E-state index < -0.39 is 16.1 Å². The third kappa shape index (κ3) is 11.4. The second-order valence-electron chi connectivity index (χ2n) is 3.92. The van der Waals surface area contributed by atoms with Crippen molar-refractivity contribution in [3.8, 4) is 0 Å². The summed E-state index contributed by atoms with van der Waals surface area (Å²) < 4.78 is 29.6. The number of carboxylic acids is 1. The Bertz CT molecular complexity index is 494. The summed E-state index contributed by atoms with van der Waals surface area (Å²) in [7, 11) is -0.587. The zero-order valence-corrected chi connectivity index (χ0v) is 14.2. The summed E-state index contributed by atoms with van der Waals surface area (Å²) in [5.41, 5.74) is 0.956. The van der Waals surface area contributed by atoms with Gasteiger partial charge in [-0.05, 0) is 33.2 Å². The van der Waals surface area contributed by atoms with Crippen LogP contribution in [0.4, 0.5) is 0 Å². The van der Waals surface area contributed by atoms with E-state index in [0.29, 0.717) is 0 Å². The van der Waals surface area contributed by atoms with Gasteiger partial charge in [-0.1, -0.05) is 17.7 Å². The van der Waals surface area contributed by atoms with Crippen LogP contribution >= 0.6 is 0 Å². The molecule has 0 heterocycles. The number of carbonyl (C=O) groups is 1. The van der Waals surface area contributed by atoms with Gasteiger partial charge in [-0.3, -0.25) is 14.2 Å². The van der Waals surface area contributed by atoms with Crippen molar-refractivity contribution in [2.75, 3.05) is 20.6 Å². The van der Waals surface area contributed by atoms with Gasteiger partial charge in [0, 0.05) is 0 Å². The van der Waals surface area contributed by atoms with Gasteiger partial charge in [0.15, 0.2) is 0 Å². The van der Waals surface area contributed by atoms with E-state index in [1.54, 1.807) is 31.1 Å². The molecule has 6 nitrogen and oxygen atoms in total. The van der Waals surface area contributed by atoms with E-state index in [4.69, 9.17) is 9.66 Å². The largest absolute Gasteiger partial charge is 2.00 e. The van der Waals surface area contributed by atoms with Crippen molar-refractivity contribution in [1.82, 2.24) is 4.90 Å². The molecule has 0 saturated carbocycles. The van der Waals surface area contributed by atoms with E-state index in [9.17, 15) is 13.2 Å². The fourth-order valence-electron chi connectivity index (χ4n) is 0.981. The molecule has 0 spiro atoms. The first-order valence-electron chi connectivity index (χ1n) is 5.03. The third-order valence-corrected chi connectivity index (χ3v) is 2.64. The van der Waals surface area contributed by atoms with Crippen LogP contribution in [-0.2, 0) is 14.9 Å². The molecule has 0 atom stereocenters. The maximum absolute atomic E-state index is 10.5. The molecule has 0 fully saturated rings. The van der Waals surface area contributed by atoms with Gasteiger partial charge in [-0.15, -0.1) is 0 Å². The topological polar surface area (TPSA) is 94.9 Å². The molecule has 1 rings (SSSR count). The number of rotatable bonds is 3. The van der Waals surface area contributed by atoms with Crippen molar-refractivity contribution in [2.45, 2.75) is 11.8 Å². The molecule has 8 heteroatoms. The SMILES string of the molecule is CN(C)CC(=O)O.Cc1ccc(S(=O)(=O)O)cc1.[Ca+2].[H-].[H-]. The van der Waals surface area contributed by atoms with Crippen LogP contribution in [0.3, 0.4) is 0 Å². The summed E-state index contributed by atoms with van der Waals surface area (Å²) in [5, 5.41) is 8.04. The Morgan fingerprint density at radius 1 is 1.26 bits per heavy atom. The van der Waals surface area contributed by atoms with Gasteiger partial charge in [0.1, 0.15) is 0 Å². The maximum Gasteiger partial charge on any atom is 2.00 e. The van der Waals surface area contributed by atoms with E-state index >= 15 is 0 Å². The number of aliphatic carboxylic acids is 1. The minimum atomic E-state index is -4.02. The van der Waals surface area contributed by atoms with Crippen LogP contribution in [0.15, 0.2) is 29.2 Å². The summed E-state index contributed by atoms with van der Waals surface area (Å²) in [6, 6.07) is 5.99. The molecular weight excluding hydrogens is 298 g/mol. The van der Waals surface area contributed by atoms with Gasteiger partial charge in [0.05, 0.1) is 11.4 Å². The molecule has 1 aromatic rings. The minimum absolute atomic E-state index is 0. The summed E-state index contributed by atoms with van der Waals surface area (Å²) in [6.45, 7) is 1.95. The number of nitrogens with zero attached hydrogens (tertiary/aromatic N) is 1. The minimum Gasteiger partial charge on any atom is -1.00 e. The summed E-state index contributed by atoms with van der Waals surface area (Å²) in [6.07, 6.45) is 0. The van der Waals surface area contributed by atoms with Crippen LogP contribution in [0.1, 0.15) is 8.42 Å². The predicted octanol–water partition coefficient (Wildman–Crippen LogP) is 0.719. The zero-order valence-electron chi connectivity index (χ0n) is 13.2. The van der Waals surface area contributed by atoms with Crippen molar-refractivity contribution < 1.29 is 25.7 Å². The number of carboxylic acid groups (broad SMARTS) is 1. The Morgan fingerprint density at radius 2 is 1.68 bits per heavy atom. The molecule has 0 unspecified atom stereocenters. The summed E-state index contributed by atoms with van der Waals surface area (Å²) in [4.78, 5) is 11.3. The Balaban J connectivity index is -0.000000130. The quantitative estimate of drug-likeness (QED) is 0.630. The number of benzene rings is 1. The monoisotopic (exact) mass is 317 g/mol. The van der Waals surface area contributed by atoms with Crippen molar-refractivity contribution in [3.63, 3.8) is 0 Å². The van der Waals surface area contributed by atoms with Crippen molar-refractivity contribution in [1.29, 1.82) is 0 Å². The van der Waals surface area contributed by atoms with Crippen molar-refractivity contribution in [2.24, 2.45) is 0 Å². The Kier molecular flexibility index (Phi) is 10.8. The van der Waals surface area contributed by atoms with Crippen molar-refractivity contribution in [3.05, 3.63) is 29.8 Å². The normalized spacial score (nSPS) is 10.2. The molecule has 0 saturated heterocycles. The first-order chi connectivity index (χ1) is 8.12. The second kappa shape index (κ2) is 9.68. The van der Waals surface area contributed by atoms with E-state index in [0.717, 1.165) is 5.56 Å². The molecule has 106 valence electrons. The maximum atomic E-state index is 10.5. The molecule has 0 amide bonds. The van der Waals surface area contributed by atoms with Crippen LogP contribution < -0.4 is 0 Å². The fraction of sp³-hybridized carbons (Fsp3) is 0.364. The molecule has 0 aromatic heterocycles. The Morgan fingerprint density at radius 3 is 1.89 bits per heavy atom. The van der Waals surface area contributed by atoms with Crippen LogP contribution in [-0.4, -0.2) is 87.3 Å². The second-order valence-corrected chi connectivity index (χ2v) is 5.34. The molecule has 0 aliphatic heterocycles. The molecule has 2 N–H and O–H groups in total. The van der Waals surface area contributed by atoms with Crippen LogP contribution in [0.25, 0.3) is 0 Å².